The lowest BCUT2D eigenvalue weighted by Gasteiger charge is -2.50. The number of phenolic OH excluding ortho intramolecular Hbond substituents is 1. The zero-order valence-electron chi connectivity index (χ0n) is 27.2. The molecule has 0 aromatic heterocycles. The SMILES string of the molecule is COc1cc(C2C3=CCC4C(=O)N(c5cccc(C(=O)O)c5)C(=O)C4C3CC3C(=O)N(c4cccc(Cl)c4)C(=O)C32c2ccccc2)ccc1O. The molecule has 6 atom stereocenters. The zero-order valence-corrected chi connectivity index (χ0v) is 28.0. The van der Waals surface area contributed by atoms with E-state index < -0.39 is 64.6 Å². The van der Waals surface area contributed by atoms with E-state index in [0.717, 1.165) is 10.5 Å². The fourth-order valence-electron chi connectivity index (χ4n) is 9.03. The van der Waals surface area contributed by atoms with Gasteiger partial charge in [-0.05, 0) is 78.4 Å². The number of rotatable bonds is 6. The summed E-state index contributed by atoms with van der Waals surface area (Å²) < 4.78 is 5.51. The number of nitrogens with zero attached hydrogens (tertiary/aromatic N) is 2. The summed E-state index contributed by atoms with van der Waals surface area (Å²) in [5.41, 5.74) is 0.858. The fourth-order valence-corrected chi connectivity index (χ4v) is 9.21. The van der Waals surface area contributed by atoms with Crippen molar-refractivity contribution in [1.82, 2.24) is 0 Å². The summed E-state index contributed by atoms with van der Waals surface area (Å²) in [5.74, 6) is -7.00. The number of hydrogen-bond donors (Lipinski definition) is 2. The minimum atomic E-state index is -1.49. The van der Waals surface area contributed by atoms with E-state index >= 15 is 4.79 Å². The van der Waals surface area contributed by atoms with Crippen LogP contribution in [0.15, 0.2) is 109 Å². The van der Waals surface area contributed by atoms with E-state index in [-0.39, 0.29) is 35.6 Å². The van der Waals surface area contributed by atoms with Gasteiger partial charge in [0.2, 0.25) is 23.6 Å². The van der Waals surface area contributed by atoms with Crippen LogP contribution in [0, 0.1) is 23.7 Å². The third-order valence-corrected chi connectivity index (χ3v) is 11.3. The molecule has 2 N–H and O–H groups in total. The molecule has 4 aliphatic rings. The highest BCUT2D eigenvalue weighted by Crippen LogP contribution is 2.64. The standard InChI is InChI=1S/C40H31ClN2O8/c1-51-32-18-21(13-16-31(32)44)34-27-14-15-28-33(37(47)42(35(28)45)25-11-5-7-22(17-25)38(48)49)29(27)20-30-36(46)43(26-12-6-10-24(41)19-26)39(50)40(30,34)23-8-3-2-4-9-23/h2-14,16-19,28-30,33-34,44H,15,20H2,1H3,(H,48,49). The summed E-state index contributed by atoms with van der Waals surface area (Å²) in [6.07, 6.45) is 2.22. The number of ether oxygens (including phenoxy) is 1. The van der Waals surface area contributed by atoms with E-state index in [1.165, 1.54) is 42.3 Å². The van der Waals surface area contributed by atoms with Crippen LogP contribution in [0.3, 0.4) is 0 Å². The number of amides is 4. The van der Waals surface area contributed by atoms with Crippen molar-refractivity contribution in [2.75, 3.05) is 16.9 Å². The molecular formula is C40H31ClN2O8. The molecule has 6 unspecified atom stereocenters. The van der Waals surface area contributed by atoms with Gasteiger partial charge in [0.15, 0.2) is 11.5 Å². The highest BCUT2D eigenvalue weighted by Gasteiger charge is 2.70. The maximum absolute atomic E-state index is 15.3. The third-order valence-electron chi connectivity index (χ3n) is 11.1. The van der Waals surface area contributed by atoms with Crippen LogP contribution >= 0.6 is 11.6 Å². The molecule has 0 radical (unpaired) electrons. The van der Waals surface area contributed by atoms with Gasteiger partial charge in [0.05, 0.1) is 47.2 Å². The summed E-state index contributed by atoms with van der Waals surface area (Å²) in [7, 11) is 1.42. The molecule has 11 heteroatoms. The Hall–Kier alpha value is -5.74. The first kappa shape index (κ1) is 32.5. The molecule has 3 fully saturated rings. The van der Waals surface area contributed by atoms with E-state index in [0.29, 0.717) is 21.8 Å². The Morgan fingerprint density at radius 2 is 1.55 bits per heavy atom. The Balaban J connectivity index is 1.34. The number of allylic oxidation sites excluding steroid dienone is 2. The van der Waals surface area contributed by atoms with Crippen LogP contribution in [-0.2, 0) is 24.6 Å². The van der Waals surface area contributed by atoms with Gasteiger partial charge in [-0.2, -0.15) is 0 Å². The normalized spacial score (nSPS) is 26.8. The molecule has 4 aromatic rings. The van der Waals surface area contributed by atoms with E-state index in [1.54, 1.807) is 36.4 Å². The summed E-state index contributed by atoms with van der Waals surface area (Å²) >= 11 is 6.37. The fraction of sp³-hybridized carbons (Fsp3) is 0.225. The molecule has 10 nitrogen and oxygen atoms in total. The number of carbonyl (C=O) groups excluding carboxylic acids is 4. The maximum Gasteiger partial charge on any atom is 0.335 e. The first-order valence-electron chi connectivity index (χ1n) is 16.6. The number of methoxy groups -OCH3 is 1. The van der Waals surface area contributed by atoms with E-state index in [4.69, 9.17) is 16.3 Å². The number of carboxylic acid groups (broad SMARTS) is 1. The Morgan fingerprint density at radius 1 is 0.824 bits per heavy atom. The number of aromatic hydroxyl groups is 1. The molecule has 4 amide bonds. The monoisotopic (exact) mass is 702 g/mol. The molecule has 8 rings (SSSR count). The van der Waals surface area contributed by atoms with Crippen LogP contribution in [0.4, 0.5) is 11.4 Å². The van der Waals surface area contributed by atoms with Crippen molar-refractivity contribution in [1.29, 1.82) is 0 Å². The second kappa shape index (κ2) is 11.9. The second-order valence-corrected chi connectivity index (χ2v) is 13.8. The molecule has 256 valence electrons. The van der Waals surface area contributed by atoms with Gasteiger partial charge in [-0.3, -0.25) is 24.1 Å². The van der Waals surface area contributed by atoms with Crippen molar-refractivity contribution >= 4 is 52.6 Å². The van der Waals surface area contributed by atoms with Gasteiger partial charge < -0.3 is 14.9 Å². The van der Waals surface area contributed by atoms with Gasteiger partial charge in [0.1, 0.15) is 0 Å². The predicted octanol–water partition coefficient (Wildman–Crippen LogP) is 6.12. The van der Waals surface area contributed by atoms with Crippen molar-refractivity contribution in [3.05, 3.63) is 130 Å². The van der Waals surface area contributed by atoms with E-state index in [2.05, 4.69) is 0 Å². The molecule has 0 bridgehead atoms. The molecule has 2 saturated heterocycles. The van der Waals surface area contributed by atoms with Crippen LogP contribution in [0.1, 0.15) is 40.2 Å². The van der Waals surface area contributed by atoms with Crippen molar-refractivity contribution in [3.63, 3.8) is 0 Å². The molecule has 4 aromatic carbocycles. The van der Waals surface area contributed by atoms with Gasteiger partial charge in [-0.15, -0.1) is 0 Å². The van der Waals surface area contributed by atoms with Crippen LogP contribution in [0.2, 0.25) is 5.02 Å². The lowest BCUT2D eigenvalue weighted by molar-refractivity contribution is -0.127. The van der Waals surface area contributed by atoms with Crippen molar-refractivity contribution < 1.29 is 38.9 Å². The molecule has 2 heterocycles. The van der Waals surface area contributed by atoms with Gasteiger partial charge in [0.25, 0.3) is 0 Å². The average molecular weight is 703 g/mol. The van der Waals surface area contributed by atoms with Crippen molar-refractivity contribution in [3.8, 4) is 11.5 Å². The minimum absolute atomic E-state index is 0.0652. The Morgan fingerprint density at radius 3 is 2.25 bits per heavy atom. The topological polar surface area (TPSA) is 142 Å². The van der Waals surface area contributed by atoms with Gasteiger partial charge in [-0.1, -0.05) is 71.8 Å². The van der Waals surface area contributed by atoms with Gasteiger partial charge >= 0.3 is 5.97 Å². The molecule has 1 saturated carbocycles. The maximum atomic E-state index is 15.3. The number of anilines is 2. The quantitative estimate of drug-likeness (QED) is 0.181. The predicted molar refractivity (Wildman–Crippen MR) is 187 cm³/mol. The number of imide groups is 2. The van der Waals surface area contributed by atoms with Gasteiger partial charge in [0, 0.05) is 10.9 Å². The molecule has 51 heavy (non-hydrogen) atoms. The van der Waals surface area contributed by atoms with E-state index in [9.17, 15) is 29.4 Å². The Bertz CT molecular complexity index is 2200. The van der Waals surface area contributed by atoms with Crippen molar-refractivity contribution in [2.45, 2.75) is 24.2 Å². The van der Waals surface area contributed by atoms with Crippen LogP contribution in [0.5, 0.6) is 11.5 Å². The van der Waals surface area contributed by atoms with E-state index in [1.807, 2.05) is 36.4 Å². The number of hydrogen-bond acceptors (Lipinski definition) is 7. The smallest absolute Gasteiger partial charge is 0.335 e. The summed E-state index contributed by atoms with van der Waals surface area (Å²) in [4.78, 5) is 72.7. The number of fused-ring (bicyclic) bond motifs is 4. The summed E-state index contributed by atoms with van der Waals surface area (Å²) in [5, 5.41) is 20.6. The first-order chi connectivity index (χ1) is 24.6. The highest BCUT2D eigenvalue weighted by atomic mass is 35.5. The lowest BCUT2D eigenvalue weighted by Crippen LogP contribution is -2.53. The van der Waals surface area contributed by atoms with Crippen LogP contribution in [-0.4, -0.2) is 46.9 Å². The van der Waals surface area contributed by atoms with Gasteiger partial charge in [-0.25, -0.2) is 9.69 Å². The average Bonchev–Trinajstić information content (AvgIpc) is 3.53. The minimum Gasteiger partial charge on any atom is -0.504 e. The Labute approximate surface area is 297 Å². The number of aromatic carboxylic acids is 1. The third kappa shape index (κ3) is 4.66. The van der Waals surface area contributed by atoms with Crippen molar-refractivity contribution in [2.24, 2.45) is 23.7 Å². The number of phenols is 1. The summed E-state index contributed by atoms with van der Waals surface area (Å²) in [6, 6.07) is 26.2. The summed E-state index contributed by atoms with van der Waals surface area (Å²) in [6.45, 7) is 0. The number of carboxylic acids is 1. The number of carbonyl (C=O) groups is 5. The van der Waals surface area contributed by atoms with Crippen LogP contribution < -0.4 is 14.5 Å². The largest absolute Gasteiger partial charge is 0.504 e. The lowest BCUT2D eigenvalue weighted by atomic mass is 9.49. The molecule has 0 spiro atoms. The molecular weight excluding hydrogens is 672 g/mol. The second-order valence-electron chi connectivity index (χ2n) is 13.4. The number of benzene rings is 4. The highest BCUT2D eigenvalue weighted by molar-refractivity contribution is 6.32. The van der Waals surface area contributed by atoms with Crippen LogP contribution in [0.25, 0.3) is 0 Å². The zero-order chi connectivity index (χ0) is 35.8. The Kier molecular flexibility index (Phi) is 7.61. The molecule has 2 aliphatic heterocycles. The molecule has 2 aliphatic carbocycles. The number of halogens is 1. The first-order valence-corrected chi connectivity index (χ1v) is 16.9.